The van der Waals surface area contributed by atoms with Crippen molar-refractivity contribution >= 4 is 11.9 Å². The highest BCUT2D eigenvalue weighted by Gasteiger charge is 2.06. The predicted molar refractivity (Wildman–Crippen MR) is 80.1 cm³/mol. The van der Waals surface area contributed by atoms with Crippen LogP contribution >= 0.6 is 0 Å². The lowest BCUT2D eigenvalue weighted by Crippen LogP contribution is -2.24. The molecule has 0 spiro atoms. The van der Waals surface area contributed by atoms with Crippen molar-refractivity contribution < 1.29 is 14.7 Å². The molecule has 1 amide bonds. The Labute approximate surface area is 123 Å². The second-order valence-corrected chi connectivity index (χ2v) is 4.94. The summed E-state index contributed by atoms with van der Waals surface area (Å²) in [5, 5.41) is 11.7. The highest BCUT2D eigenvalue weighted by atomic mass is 16.4. The Morgan fingerprint density at radius 2 is 1.76 bits per heavy atom. The molecule has 0 aliphatic rings. The molecule has 21 heavy (non-hydrogen) atoms. The third-order valence-corrected chi connectivity index (χ3v) is 3.15. The zero-order valence-corrected chi connectivity index (χ0v) is 11.8. The van der Waals surface area contributed by atoms with Crippen LogP contribution in [-0.4, -0.2) is 17.0 Å². The van der Waals surface area contributed by atoms with Crippen LogP contribution in [0, 0.1) is 6.92 Å². The van der Waals surface area contributed by atoms with Gasteiger partial charge in [0.2, 0.25) is 5.91 Å². The van der Waals surface area contributed by atoms with E-state index in [-0.39, 0.29) is 11.5 Å². The first-order valence-corrected chi connectivity index (χ1v) is 6.69. The van der Waals surface area contributed by atoms with E-state index in [2.05, 4.69) is 5.32 Å². The second kappa shape index (κ2) is 6.70. The van der Waals surface area contributed by atoms with E-state index in [4.69, 9.17) is 5.11 Å². The zero-order valence-electron chi connectivity index (χ0n) is 11.8. The molecule has 4 heteroatoms. The van der Waals surface area contributed by atoms with Crippen LogP contribution in [0.25, 0.3) is 0 Å². The molecule has 0 aromatic heterocycles. The molecule has 2 N–H and O–H groups in total. The standard InChI is InChI=1S/C17H17NO3/c1-12-5-7-13(8-6-12)10-16(19)18-11-14-3-2-4-15(9-14)17(20)21/h2-9H,10-11H2,1H3,(H,18,19)(H,20,21). The minimum Gasteiger partial charge on any atom is -0.478 e. The van der Waals surface area contributed by atoms with E-state index >= 15 is 0 Å². The molecule has 2 aromatic carbocycles. The van der Waals surface area contributed by atoms with E-state index in [1.54, 1.807) is 18.2 Å². The van der Waals surface area contributed by atoms with Crippen molar-refractivity contribution in [2.24, 2.45) is 0 Å². The minimum atomic E-state index is -0.970. The van der Waals surface area contributed by atoms with Crippen LogP contribution in [0.5, 0.6) is 0 Å². The van der Waals surface area contributed by atoms with E-state index in [0.29, 0.717) is 13.0 Å². The highest BCUT2D eigenvalue weighted by molar-refractivity contribution is 5.87. The van der Waals surface area contributed by atoms with Crippen LogP contribution in [0.15, 0.2) is 48.5 Å². The van der Waals surface area contributed by atoms with Crippen molar-refractivity contribution in [3.8, 4) is 0 Å². The Kier molecular flexibility index (Phi) is 4.72. The summed E-state index contributed by atoms with van der Waals surface area (Å²) >= 11 is 0. The number of hydrogen-bond acceptors (Lipinski definition) is 2. The molecule has 4 nitrogen and oxygen atoms in total. The average Bonchev–Trinajstić information content (AvgIpc) is 2.48. The predicted octanol–water partition coefficient (Wildman–Crippen LogP) is 2.55. The molecule has 108 valence electrons. The van der Waals surface area contributed by atoms with Crippen molar-refractivity contribution in [2.75, 3.05) is 0 Å². The number of amides is 1. The van der Waals surface area contributed by atoms with Crippen molar-refractivity contribution in [2.45, 2.75) is 19.9 Å². The number of carbonyl (C=O) groups is 2. The maximum absolute atomic E-state index is 11.9. The van der Waals surface area contributed by atoms with Crippen molar-refractivity contribution in [3.63, 3.8) is 0 Å². The SMILES string of the molecule is Cc1ccc(CC(=O)NCc2cccc(C(=O)O)c2)cc1. The molecular formula is C17H17NO3. The van der Waals surface area contributed by atoms with E-state index < -0.39 is 5.97 Å². The second-order valence-electron chi connectivity index (χ2n) is 4.94. The molecule has 0 aliphatic heterocycles. The molecule has 0 radical (unpaired) electrons. The number of carbonyl (C=O) groups excluding carboxylic acids is 1. The van der Waals surface area contributed by atoms with Gasteiger partial charge in [-0.3, -0.25) is 4.79 Å². The summed E-state index contributed by atoms with van der Waals surface area (Å²) in [6.45, 7) is 2.32. The minimum absolute atomic E-state index is 0.0837. The van der Waals surface area contributed by atoms with Gasteiger partial charge in [-0.15, -0.1) is 0 Å². The maximum Gasteiger partial charge on any atom is 0.335 e. The van der Waals surface area contributed by atoms with Gasteiger partial charge < -0.3 is 10.4 Å². The van der Waals surface area contributed by atoms with Crippen LogP contribution in [-0.2, 0) is 17.8 Å². The van der Waals surface area contributed by atoms with Crippen LogP contribution < -0.4 is 5.32 Å². The summed E-state index contributed by atoms with van der Waals surface area (Å²) in [7, 11) is 0. The van der Waals surface area contributed by atoms with Gasteiger partial charge in [-0.05, 0) is 30.2 Å². The first-order chi connectivity index (χ1) is 10.0. The number of benzene rings is 2. The summed E-state index contributed by atoms with van der Waals surface area (Å²) < 4.78 is 0. The lowest BCUT2D eigenvalue weighted by atomic mass is 10.1. The number of aromatic carboxylic acids is 1. The van der Waals surface area contributed by atoms with Crippen molar-refractivity contribution in [3.05, 3.63) is 70.8 Å². The molecule has 2 rings (SSSR count). The molecule has 0 aliphatic carbocycles. The van der Waals surface area contributed by atoms with Crippen LogP contribution in [0.1, 0.15) is 27.0 Å². The number of nitrogens with one attached hydrogen (secondary N) is 1. The average molecular weight is 283 g/mol. The Bertz CT molecular complexity index is 647. The van der Waals surface area contributed by atoms with Crippen molar-refractivity contribution in [1.29, 1.82) is 0 Å². The fourth-order valence-electron chi connectivity index (χ4n) is 1.97. The van der Waals surface area contributed by atoms with Gasteiger partial charge in [0.25, 0.3) is 0 Å². The van der Waals surface area contributed by atoms with E-state index in [9.17, 15) is 9.59 Å². The van der Waals surface area contributed by atoms with Gasteiger partial charge in [-0.25, -0.2) is 4.79 Å². The number of carboxylic acid groups (broad SMARTS) is 1. The zero-order chi connectivity index (χ0) is 15.2. The fraction of sp³-hybridized carbons (Fsp3) is 0.176. The Morgan fingerprint density at radius 1 is 1.05 bits per heavy atom. The third kappa shape index (κ3) is 4.45. The molecular weight excluding hydrogens is 266 g/mol. The fourth-order valence-corrected chi connectivity index (χ4v) is 1.97. The van der Waals surface area contributed by atoms with E-state index in [1.807, 2.05) is 31.2 Å². The molecule has 0 saturated heterocycles. The molecule has 0 unspecified atom stereocenters. The summed E-state index contributed by atoms with van der Waals surface area (Å²) in [4.78, 5) is 22.7. The van der Waals surface area contributed by atoms with Gasteiger partial charge in [0.05, 0.1) is 12.0 Å². The van der Waals surface area contributed by atoms with Gasteiger partial charge in [-0.1, -0.05) is 42.0 Å². The first-order valence-electron chi connectivity index (χ1n) is 6.69. The third-order valence-electron chi connectivity index (χ3n) is 3.15. The topological polar surface area (TPSA) is 66.4 Å². The normalized spacial score (nSPS) is 10.1. The van der Waals surface area contributed by atoms with Gasteiger partial charge in [-0.2, -0.15) is 0 Å². The maximum atomic E-state index is 11.9. The van der Waals surface area contributed by atoms with Crippen LogP contribution in [0.4, 0.5) is 0 Å². The van der Waals surface area contributed by atoms with Gasteiger partial charge >= 0.3 is 5.97 Å². The van der Waals surface area contributed by atoms with E-state index in [1.165, 1.54) is 6.07 Å². The van der Waals surface area contributed by atoms with Gasteiger partial charge in [0, 0.05) is 6.54 Å². The number of rotatable bonds is 5. The lowest BCUT2D eigenvalue weighted by Gasteiger charge is -2.06. The summed E-state index contributed by atoms with van der Waals surface area (Å²) in [5.74, 6) is -1.05. The van der Waals surface area contributed by atoms with Crippen LogP contribution in [0.3, 0.4) is 0 Å². The molecule has 2 aromatic rings. The van der Waals surface area contributed by atoms with Gasteiger partial charge in [0.15, 0.2) is 0 Å². The first kappa shape index (κ1) is 14.8. The Hall–Kier alpha value is -2.62. The summed E-state index contributed by atoms with van der Waals surface area (Å²) in [5.41, 5.74) is 3.11. The largest absolute Gasteiger partial charge is 0.478 e. The molecule has 0 saturated carbocycles. The smallest absolute Gasteiger partial charge is 0.335 e. The number of hydrogen-bond donors (Lipinski definition) is 2. The molecule has 0 heterocycles. The van der Waals surface area contributed by atoms with Crippen LogP contribution in [0.2, 0.25) is 0 Å². The lowest BCUT2D eigenvalue weighted by molar-refractivity contribution is -0.120. The number of aryl methyl sites for hydroxylation is 1. The molecule has 0 atom stereocenters. The summed E-state index contributed by atoms with van der Waals surface area (Å²) in [6.07, 6.45) is 0.318. The highest BCUT2D eigenvalue weighted by Crippen LogP contribution is 2.06. The Morgan fingerprint density at radius 3 is 2.43 bits per heavy atom. The molecule has 0 fully saturated rings. The summed E-state index contributed by atoms with van der Waals surface area (Å²) in [6, 6.07) is 14.4. The Balaban J connectivity index is 1.90. The number of carboxylic acids is 1. The molecule has 0 bridgehead atoms. The van der Waals surface area contributed by atoms with Crippen molar-refractivity contribution in [1.82, 2.24) is 5.32 Å². The quantitative estimate of drug-likeness (QED) is 0.886. The monoisotopic (exact) mass is 283 g/mol. The van der Waals surface area contributed by atoms with Gasteiger partial charge in [0.1, 0.15) is 0 Å². The van der Waals surface area contributed by atoms with E-state index in [0.717, 1.165) is 16.7 Å².